The number of benzene rings is 2. The molecule has 0 aliphatic heterocycles. The summed E-state index contributed by atoms with van der Waals surface area (Å²) in [4.78, 5) is 24.7. The summed E-state index contributed by atoms with van der Waals surface area (Å²) in [5.74, 6) is 1.16. The van der Waals surface area contributed by atoms with Gasteiger partial charge in [0.25, 0.3) is 11.8 Å². The lowest BCUT2D eigenvalue weighted by atomic mass is 10.1. The normalized spacial score (nSPS) is 10.4. The average molecular weight is 408 g/mol. The van der Waals surface area contributed by atoms with E-state index in [0.29, 0.717) is 35.8 Å². The summed E-state index contributed by atoms with van der Waals surface area (Å²) in [5.41, 5.74) is 1.76. The van der Waals surface area contributed by atoms with E-state index in [1.54, 1.807) is 51.6 Å². The third-order valence-electron chi connectivity index (χ3n) is 4.54. The van der Waals surface area contributed by atoms with Gasteiger partial charge >= 0.3 is 0 Å². The number of carbonyl (C=O) groups excluding carboxylic acids is 2. The van der Waals surface area contributed by atoms with Crippen LogP contribution in [0.3, 0.4) is 0 Å². The molecule has 8 heteroatoms. The minimum Gasteiger partial charge on any atom is -0.493 e. The SMILES string of the molecule is COc1ccc(CCNC(=O)c2cc(NC(=O)c3ccccc3)n(C)n2)cc1OC. The molecule has 0 saturated heterocycles. The Morgan fingerprint density at radius 1 is 0.967 bits per heavy atom. The third-order valence-corrected chi connectivity index (χ3v) is 4.54. The van der Waals surface area contributed by atoms with Crippen molar-refractivity contribution >= 4 is 17.6 Å². The molecule has 0 aliphatic carbocycles. The van der Waals surface area contributed by atoms with E-state index in [2.05, 4.69) is 15.7 Å². The van der Waals surface area contributed by atoms with Gasteiger partial charge in [-0.3, -0.25) is 14.3 Å². The lowest BCUT2D eigenvalue weighted by Gasteiger charge is -2.09. The lowest BCUT2D eigenvalue weighted by Crippen LogP contribution is -2.26. The summed E-state index contributed by atoms with van der Waals surface area (Å²) in [5, 5.41) is 9.79. The number of nitrogens with one attached hydrogen (secondary N) is 2. The number of hydrogen-bond donors (Lipinski definition) is 2. The zero-order valence-corrected chi connectivity index (χ0v) is 17.1. The van der Waals surface area contributed by atoms with E-state index in [0.717, 1.165) is 5.56 Å². The molecule has 30 heavy (non-hydrogen) atoms. The minimum absolute atomic E-state index is 0.230. The number of hydrogen-bond acceptors (Lipinski definition) is 5. The third kappa shape index (κ3) is 4.96. The molecule has 0 saturated carbocycles. The van der Waals surface area contributed by atoms with Gasteiger partial charge in [0.2, 0.25) is 0 Å². The molecule has 2 aromatic carbocycles. The van der Waals surface area contributed by atoms with Crippen LogP contribution in [0.15, 0.2) is 54.6 Å². The van der Waals surface area contributed by atoms with E-state index in [1.807, 2.05) is 24.3 Å². The number of carbonyl (C=O) groups is 2. The fourth-order valence-electron chi connectivity index (χ4n) is 2.92. The molecule has 156 valence electrons. The van der Waals surface area contributed by atoms with Gasteiger partial charge in [-0.05, 0) is 36.2 Å². The van der Waals surface area contributed by atoms with Crippen LogP contribution in [0, 0.1) is 0 Å². The summed E-state index contributed by atoms with van der Waals surface area (Å²) in [7, 11) is 4.83. The number of methoxy groups -OCH3 is 2. The first-order valence-electron chi connectivity index (χ1n) is 9.41. The van der Waals surface area contributed by atoms with Crippen LogP contribution in [0.5, 0.6) is 11.5 Å². The van der Waals surface area contributed by atoms with Gasteiger partial charge in [0, 0.05) is 25.2 Å². The topological polar surface area (TPSA) is 94.5 Å². The second-order valence-electron chi connectivity index (χ2n) is 6.55. The Morgan fingerprint density at radius 2 is 1.70 bits per heavy atom. The van der Waals surface area contributed by atoms with Crippen molar-refractivity contribution in [2.75, 3.05) is 26.1 Å². The van der Waals surface area contributed by atoms with Crippen LogP contribution in [-0.4, -0.2) is 42.4 Å². The van der Waals surface area contributed by atoms with E-state index >= 15 is 0 Å². The van der Waals surface area contributed by atoms with Crippen molar-refractivity contribution in [3.05, 3.63) is 71.4 Å². The van der Waals surface area contributed by atoms with Crippen LogP contribution in [0.4, 0.5) is 5.82 Å². The molecule has 1 heterocycles. The van der Waals surface area contributed by atoms with Gasteiger partial charge in [-0.25, -0.2) is 0 Å². The predicted molar refractivity (Wildman–Crippen MR) is 113 cm³/mol. The number of aryl methyl sites for hydroxylation is 1. The van der Waals surface area contributed by atoms with Gasteiger partial charge in [-0.1, -0.05) is 24.3 Å². The molecule has 3 aromatic rings. The molecule has 0 fully saturated rings. The summed E-state index contributed by atoms with van der Waals surface area (Å²) in [6, 6.07) is 16.0. The Labute approximate surface area is 174 Å². The Balaban J connectivity index is 1.57. The van der Waals surface area contributed by atoms with Crippen molar-refractivity contribution in [1.82, 2.24) is 15.1 Å². The van der Waals surface area contributed by atoms with Gasteiger partial charge in [-0.15, -0.1) is 0 Å². The molecule has 0 atom stereocenters. The monoisotopic (exact) mass is 408 g/mol. The highest BCUT2D eigenvalue weighted by atomic mass is 16.5. The molecule has 0 aliphatic rings. The van der Waals surface area contributed by atoms with Crippen molar-refractivity contribution in [2.24, 2.45) is 7.05 Å². The number of nitrogens with zero attached hydrogens (tertiary/aromatic N) is 2. The average Bonchev–Trinajstić information content (AvgIpc) is 3.14. The van der Waals surface area contributed by atoms with Gasteiger partial charge in [-0.2, -0.15) is 5.10 Å². The fraction of sp³-hybridized carbons (Fsp3) is 0.227. The molecule has 0 bridgehead atoms. The highest BCUT2D eigenvalue weighted by Crippen LogP contribution is 2.27. The molecule has 0 radical (unpaired) electrons. The van der Waals surface area contributed by atoms with E-state index in [1.165, 1.54) is 4.68 Å². The Kier molecular flexibility index (Phi) is 6.69. The molecule has 2 N–H and O–H groups in total. The number of rotatable bonds is 8. The molecule has 3 rings (SSSR count). The van der Waals surface area contributed by atoms with Gasteiger partial charge in [0.1, 0.15) is 5.82 Å². The van der Waals surface area contributed by atoms with Crippen molar-refractivity contribution in [1.29, 1.82) is 0 Å². The number of anilines is 1. The molecule has 1 aromatic heterocycles. The van der Waals surface area contributed by atoms with Crippen LogP contribution < -0.4 is 20.1 Å². The summed E-state index contributed by atoms with van der Waals surface area (Å²) in [6.45, 7) is 0.427. The second kappa shape index (κ2) is 9.60. The van der Waals surface area contributed by atoms with Crippen molar-refractivity contribution in [3.63, 3.8) is 0 Å². The van der Waals surface area contributed by atoms with Gasteiger partial charge in [0.05, 0.1) is 14.2 Å². The van der Waals surface area contributed by atoms with E-state index < -0.39 is 0 Å². The zero-order chi connectivity index (χ0) is 21.5. The zero-order valence-electron chi connectivity index (χ0n) is 17.1. The van der Waals surface area contributed by atoms with E-state index in [-0.39, 0.29) is 17.5 Å². The lowest BCUT2D eigenvalue weighted by molar-refractivity contribution is 0.0947. The first kappa shape index (κ1) is 20.9. The summed E-state index contributed by atoms with van der Waals surface area (Å²) >= 11 is 0. The highest BCUT2D eigenvalue weighted by Gasteiger charge is 2.15. The molecule has 0 unspecified atom stereocenters. The Hall–Kier alpha value is -3.81. The first-order chi connectivity index (χ1) is 14.5. The number of ether oxygens (including phenoxy) is 2. The smallest absolute Gasteiger partial charge is 0.271 e. The second-order valence-corrected chi connectivity index (χ2v) is 6.55. The molecule has 0 spiro atoms. The van der Waals surface area contributed by atoms with E-state index in [9.17, 15) is 9.59 Å². The summed E-state index contributed by atoms with van der Waals surface area (Å²) < 4.78 is 12.0. The fourth-order valence-corrected chi connectivity index (χ4v) is 2.92. The minimum atomic E-state index is -0.314. The number of aromatic nitrogens is 2. The van der Waals surface area contributed by atoms with E-state index in [4.69, 9.17) is 9.47 Å². The maximum absolute atomic E-state index is 12.4. The van der Waals surface area contributed by atoms with Crippen LogP contribution in [0.2, 0.25) is 0 Å². The Morgan fingerprint density at radius 3 is 2.40 bits per heavy atom. The van der Waals surface area contributed by atoms with Crippen LogP contribution >= 0.6 is 0 Å². The highest BCUT2D eigenvalue weighted by molar-refractivity contribution is 6.04. The largest absolute Gasteiger partial charge is 0.493 e. The molecular formula is C22H24N4O4. The quantitative estimate of drug-likeness (QED) is 0.598. The van der Waals surface area contributed by atoms with Gasteiger partial charge < -0.3 is 20.1 Å². The number of amides is 2. The van der Waals surface area contributed by atoms with Crippen molar-refractivity contribution in [3.8, 4) is 11.5 Å². The van der Waals surface area contributed by atoms with Crippen LogP contribution in [-0.2, 0) is 13.5 Å². The van der Waals surface area contributed by atoms with Crippen molar-refractivity contribution < 1.29 is 19.1 Å². The van der Waals surface area contributed by atoms with Crippen LogP contribution in [0.1, 0.15) is 26.4 Å². The maximum Gasteiger partial charge on any atom is 0.271 e. The maximum atomic E-state index is 12.4. The Bertz CT molecular complexity index is 1030. The molecular weight excluding hydrogens is 384 g/mol. The standard InChI is InChI=1S/C22H24N4O4/c1-26-20(24-21(27)16-7-5-4-6-8-16)14-17(25-26)22(28)23-12-11-15-9-10-18(29-2)19(13-15)30-3/h4-10,13-14H,11-12H2,1-3H3,(H,23,28)(H,24,27). The summed E-state index contributed by atoms with van der Waals surface area (Å²) in [6.07, 6.45) is 0.622. The van der Waals surface area contributed by atoms with Crippen LogP contribution in [0.25, 0.3) is 0 Å². The van der Waals surface area contributed by atoms with Gasteiger partial charge in [0.15, 0.2) is 17.2 Å². The predicted octanol–water partition coefficient (Wildman–Crippen LogP) is 2.66. The molecule has 2 amide bonds. The first-order valence-corrected chi connectivity index (χ1v) is 9.41. The molecule has 8 nitrogen and oxygen atoms in total. The van der Waals surface area contributed by atoms with Crippen molar-refractivity contribution in [2.45, 2.75) is 6.42 Å².